The molecule has 0 bridgehead atoms. The fourth-order valence-corrected chi connectivity index (χ4v) is 4.09. The van der Waals surface area contributed by atoms with E-state index in [4.69, 9.17) is 4.74 Å². The van der Waals surface area contributed by atoms with Crippen LogP contribution < -0.4 is 10.6 Å². The molecule has 0 saturated heterocycles. The quantitative estimate of drug-likeness (QED) is 0.413. The summed E-state index contributed by atoms with van der Waals surface area (Å²) < 4.78 is 5.37. The average Bonchev–Trinajstić information content (AvgIpc) is 2.83. The molecule has 2 aromatic rings. The van der Waals surface area contributed by atoms with Crippen LogP contribution in [0, 0.1) is 0 Å². The second-order valence-corrected chi connectivity index (χ2v) is 10.3. The summed E-state index contributed by atoms with van der Waals surface area (Å²) in [6, 6.07) is 13.9. The van der Waals surface area contributed by atoms with Crippen LogP contribution in [0.15, 0.2) is 54.6 Å². The highest BCUT2D eigenvalue weighted by Gasteiger charge is 2.35. The topological polar surface area (TPSA) is 108 Å². The number of rotatable bonds is 11. The van der Waals surface area contributed by atoms with Crippen molar-refractivity contribution in [3.63, 3.8) is 0 Å². The predicted molar refractivity (Wildman–Crippen MR) is 143 cm³/mol. The Bertz CT molecular complexity index is 993. The lowest BCUT2D eigenvalue weighted by Gasteiger charge is -2.33. The Labute approximate surface area is 217 Å². The minimum atomic E-state index is -0.955. The second-order valence-electron chi connectivity index (χ2n) is 9.30. The number of phenols is 1. The Morgan fingerprint density at radius 3 is 2.25 bits per heavy atom. The van der Waals surface area contributed by atoms with Crippen molar-refractivity contribution < 1.29 is 24.2 Å². The molecule has 0 spiro atoms. The number of carbonyl (C=O) groups is 3. The van der Waals surface area contributed by atoms with Crippen LogP contribution in [0.2, 0.25) is 0 Å². The first-order valence-electron chi connectivity index (χ1n) is 11.9. The van der Waals surface area contributed by atoms with Crippen molar-refractivity contribution in [2.75, 3.05) is 18.6 Å². The normalized spacial score (nSPS) is 12.8. The first-order chi connectivity index (χ1) is 17.1. The number of alkyl carbamates (subject to hydrolysis) is 1. The van der Waals surface area contributed by atoms with Crippen molar-refractivity contribution in [3.8, 4) is 5.75 Å². The van der Waals surface area contributed by atoms with Gasteiger partial charge in [0.1, 0.15) is 23.4 Å². The van der Waals surface area contributed by atoms with Gasteiger partial charge in [-0.25, -0.2) is 4.79 Å². The Kier molecular flexibility index (Phi) is 11.1. The van der Waals surface area contributed by atoms with Crippen molar-refractivity contribution in [1.82, 2.24) is 15.5 Å². The smallest absolute Gasteiger partial charge is 0.408 e. The highest BCUT2D eigenvalue weighted by molar-refractivity contribution is 7.98. The van der Waals surface area contributed by atoms with Crippen LogP contribution in [-0.4, -0.2) is 58.1 Å². The molecular formula is C27H37N3O5S. The lowest BCUT2D eigenvalue weighted by Crippen LogP contribution is -2.53. The molecule has 36 heavy (non-hydrogen) atoms. The third kappa shape index (κ3) is 9.11. The summed E-state index contributed by atoms with van der Waals surface area (Å²) in [5, 5.41) is 15.4. The molecule has 0 aliphatic rings. The predicted octanol–water partition coefficient (Wildman–Crippen LogP) is 4.24. The van der Waals surface area contributed by atoms with Gasteiger partial charge in [0.15, 0.2) is 0 Å². The molecule has 2 unspecified atom stereocenters. The van der Waals surface area contributed by atoms with Crippen LogP contribution in [0.25, 0.3) is 0 Å². The third-order valence-corrected chi connectivity index (χ3v) is 5.95. The molecule has 196 valence electrons. The minimum absolute atomic E-state index is 0.0565. The number of ether oxygens (including phenoxy) is 1. The number of carbonyl (C=O) groups excluding carboxylic acids is 3. The van der Waals surface area contributed by atoms with E-state index in [1.165, 1.54) is 17.0 Å². The minimum Gasteiger partial charge on any atom is -0.508 e. The molecular weight excluding hydrogens is 478 g/mol. The summed E-state index contributed by atoms with van der Waals surface area (Å²) in [5.74, 6) is -0.0552. The van der Waals surface area contributed by atoms with Crippen LogP contribution >= 0.6 is 11.8 Å². The van der Waals surface area contributed by atoms with Gasteiger partial charge in [0.05, 0.1) is 0 Å². The van der Waals surface area contributed by atoms with E-state index < -0.39 is 23.8 Å². The number of amides is 3. The zero-order chi connectivity index (χ0) is 26.7. The molecule has 0 saturated carbocycles. The largest absolute Gasteiger partial charge is 0.508 e. The van der Waals surface area contributed by atoms with E-state index in [0.29, 0.717) is 24.3 Å². The summed E-state index contributed by atoms with van der Waals surface area (Å²) in [6.45, 7) is 7.57. The molecule has 0 aliphatic carbocycles. The zero-order valence-electron chi connectivity index (χ0n) is 21.6. The van der Waals surface area contributed by atoms with Gasteiger partial charge in [-0.15, -0.1) is 0 Å². The van der Waals surface area contributed by atoms with Crippen LogP contribution in [0.5, 0.6) is 5.75 Å². The van der Waals surface area contributed by atoms with Crippen LogP contribution in [0.3, 0.4) is 0 Å². The van der Waals surface area contributed by atoms with Gasteiger partial charge in [-0.3, -0.25) is 9.59 Å². The van der Waals surface area contributed by atoms with Crippen molar-refractivity contribution in [1.29, 1.82) is 0 Å². The first-order valence-corrected chi connectivity index (χ1v) is 13.3. The number of aromatic hydroxyl groups is 1. The van der Waals surface area contributed by atoms with Crippen LogP contribution in [0.4, 0.5) is 4.79 Å². The molecule has 0 aromatic heterocycles. The number of likely N-dealkylation sites (N-methyl/N-ethyl adjacent to an activating group) is 1. The van der Waals surface area contributed by atoms with Gasteiger partial charge in [0.25, 0.3) is 0 Å². The van der Waals surface area contributed by atoms with Crippen molar-refractivity contribution >= 4 is 29.7 Å². The van der Waals surface area contributed by atoms with Crippen molar-refractivity contribution in [2.24, 2.45) is 0 Å². The maximum Gasteiger partial charge on any atom is 0.408 e. The Hall–Kier alpha value is -3.20. The summed E-state index contributed by atoms with van der Waals surface area (Å²) in [6.07, 6.45) is 1.61. The molecule has 2 rings (SSSR count). The fraction of sp³-hybridized carbons (Fsp3) is 0.444. The van der Waals surface area contributed by atoms with Gasteiger partial charge in [-0.1, -0.05) is 42.5 Å². The third-order valence-electron chi connectivity index (χ3n) is 5.30. The molecule has 0 aliphatic heterocycles. The lowest BCUT2D eigenvalue weighted by atomic mass is 10.0. The maximum absolute atomic E-state index is 13.8. The Morgan fingerprint density at radius 1 is 1.06 bits per heavy atom. The number of nitrogens with one attached hydrogen (secondary N) is 2. The van der Waals surface area contributed by atoms with E-state index in [-0.39, 0.29) is 24.1 Å². The Balaban J connectivity index is 2.34. The number of benzene rings is 2. The molecule has 0 fully saturated rings. The SMILES string of the molecule is CCN(C(=O)C(CCSC)NC(=O)OC(C)(C)C)C(C(=O)NCc1ccccc1)c1ccc(O)cc1. The van der Waals surface area contributed by atoms with E-state index in [1.54, 1.807) is 51.6 Å². The molecule has 2 atom stereocenters. The number of hydrogen-bond acceptors (Lipinski definition) is 6. The second kappa shape index (κ2) is 13.8. The van der Waals surface area contributed by atoms with Crippen molar-refractivity contribution in [2.45, 2.75) is 58.3 Å². The van der Waals surface area contributed by atoms with Gasteiger partial charge in [0, 0.05) is 13.1 Å². The molecule has 8 nitrogen and oxygen atoms in total. The van der Waals surface area contributed by atoms with Gasteiger partial charge >= 0.3 is 6.09 Å². The molecule has 3 amide bonds. The summed E-state index contributed by atoms with van der Waals surface area (Å²) >= 11 is 1.56. The van der Waals surface area contributed by atoms with Gasteiger partial charge < -0.3 is 25.4 Å². The summed E-state index contributed by atoms with van der Waals surface area (Å²) in [5.41, 5.74) is 0.761. The molecule has 9 heteroatoms. The van der Waals surface area contributed by atoms with Crippen molar-refractivity contribution in [3.05, 3.63) is 65.7 Å². The standard InChI is InChI=1S/C27H37N3O5S/c1-6-30(25(33)22(16-17-36-5)29-26(34)35-27(2,3)4)23(20-12-14-21(31)15-13-20)24(32)28-18-19-10-8-7-9-11-19/h7-15,22-23,31H,6,16-18H2,1-5H3,(H,28,32)(H,29,34). The Morgan fingerprint density at radius 2 is 1.69 bits per heavy atom. The van der Waals surface area contributed by atoms with Crippen LogP contribution in [-0.2, 0) is 20.9 Å². The maximum atomic E-state index is 13.8. The molecule has 0 radical (unpaired) electrons. The number of thioether (sulfide) groups is 1. The number of phenolic OH excluding ortho intramolecular Hbond substituents is 1. The van der Waals surface area contributed by atoms with E-state index in [9.17, 15) is 19.5 Å². The van der Waals surface area contributed by atoms with Crippen LogP contribution in [0.1, 0.15) is 51.3 Å². The van der Waals surface area contributed by atoms with Gasteiger partial charge in [0.2, 0.25) is 11.8 Å². The highest BCUT2D eigenvalue weighted by Crippen LogP contribution is 2.25. The van der Waals surface area contributed by atoms with Gasteiger partial charge in [-0.2, -0.15) is 11.8 Å². The monoisotopic (exact) mass is 515 g/mol. The first kappa shape index (κ1) is 29.0. The lowest BCUT2D eigenvalue weighted by molar-refractivity contribution is -0.142. The zero-order valence-corrected chi connectivity index (χ0v) is 22.4. The van der Waals surface area contributed by atoms with Gasteiger partial charge in [-0.05, 0) is 69.4 Å². The number of nitrogens with zero attached hydrogens (tertiary/aromatic N) is 1. The van der Waals surface area contributed by atoms with E-state index >= 15 is 0 Å². The van der Waals surface area contributed by atoms with E-state index in [1.807, 2.05) is 36.6 Å². The van der Waals surface area contributed by atoms with E-state index in [0.717, 1.165) is 5.56 Å². The summed E-state index contributed by atoms with van der Waals surface area (Å²) in [7, 11) is 0. The fourth-order valence-electron chi connectivity index (χ4n) is 3.62. The molecule has 2 aromatic carbocycles. The summed E-state index contributed by atoms with van der Waals surface area (Å²) in [4.78, 5) is 41.2. The van der Waals surface area contributed by atoms with E-state index in [2.05, 4.69) is 10.6 Å². The average molecular weight is 516 g/mol. The molecule has 0 heterocycles. The highest BCUT2D eigenvalue weighted by atomic mass is 32.2. The molecule has 3 N–H and O–H groups in total. The number of hydrogen-bond donors (Lipinski definition) is 3.